The summed E-state index contributed by atoms with van der Waals surface area (Å²) in [5.74, 6) is 0.462. The maximum atomic E-state index is 12.1. The van der Waals surface area contributed by atoms with Gasteiger partial charge >= 0.3 is 0 Å². The second kappa shape index (κ2) is 11.4. The summed E-state index contributed by atoms with van der Waals surface area (Å²) >= 11 is 0. The molecule has 0 aliphatic carbocycles. The molecule has 0 fully saturated rings. The summed E-state index contributed by atoms with van der Waals surface area (Å²) in [5, 5.41) is 5.47. The van der Waals surface area contributed by atoms with Gasteiger partial charge in [-0.1, -0.05) is 18.2 Å². The number of hydrogen-bond donors (Lipinski definition) is 3. The van der Waals surface area contributed by atoms with Crippen molar-refractivity contribution in [1.29, 1.82) is 0 Å². The average Bonchev–Trinajstić information content (AvgIpc) is 2.69. The van der Waals surface area contributed by atoms with Gasteiger partial charge in [0.25, 0.3) is 5.91 Å². The fourth-order valence-electron chi connectivity index (χ4n) is 2.91. The molecule has 0 saturated heterocycles. The van der Waals surface area contributed by atoms with E-state index >= 15 is 0 Å². The van der Waals surface area contributed by atoms with E-state index in [1.807, 2.05) is 32.0 Å². The molecule has 0 atom stereocenters. The Hall–Kier alpha value is -3.07. The summed E-state index contributed by atoms with van der Waals surface area (Å²) in [6.07, 6.45) is 1.99. The molecule has 0 aliphatic heterocycles. The third-order valence-corrected chi connectivity index (χ3v) is 4.99. The summed E-state index contributed by atoms with van der Waals surface area (Å²) < 4.78 is 30.5. The zero-order chi connectivity index (χ0) is 22.9. The number of para-hydroxylation sites is 1. The second-order valence-electron chi connectivity index (χ2n) is 7.23. The van der Waals surface area contributed by atoms with Gasteiger partial charge in [-0.05, 0) is 55.7 Å². The number of hydrogen-bond acceptors (Lipinski definition) is 5. The van der Waals surface area contributed by atoms with Gasteiger partial charge in [0.15, 0.2) is 0 Å². The van der Waals surface area contributed by atoms with Crippen LogP contribution in [0.1, 0.15) is 34.3 Å². The van der Waals surface area contributed by atoms with Crippen LogP contribution >= 0.6 is 0 Å². The molecule has 3 N–H and O–H groups in total. The van der Waals surface area contributed by atoms with Crippen molar-refractivity contribution in [2.24, 2.45) is 0 Å². The largest absolute Gasteiger partial charge is 0.493 e. The van der Waals surface area contributed by atoms with Gasteiger partial charge in [0.2, 0.25) is 15.9 Å². The molecular weight excluding hydrogens is 418 g/mol. The number of benzene rings is 2. The number of carbonyl (C=O) groups is 2. The van der Waals surface area contributed by atoms with Crippen LogP contribution in [0.4, 0.5) is 5.69 Å². The summed E-state index contributed by atoms with van der Waals surface area (Å²) in [6, 6.07) is 12.0. The molecule has 0 heterocycles. The van der Waals surface area contributed by atoms with Crippen LogP contribution in [-0.2, 0) is 14.8 Å². The highest BCUT2D eigenvalue weighted by Gasteiger charge is 2.08. The summed E-state index contributed by atoms with van der Waals surface area (Å²) in [7, 11) is -3.36. The fourth-order valence-corrected chi connectivity index (χ4v) is 3.47. The number of anilines is 1. The van der Waals surface area contributed by atoms with Crippen molar-refractivity contribution < 1.29 is 22.7 Å². The van der Waals surface area contributed by atoms with Gasteiger partial charge in [-0.15, -0.1) is 0 Å². The van der Waals surface area contributed by atoms with Gasteiger partial charge in [-0.3, -0.25) is 14.3 Å². The molecule has 0 bridgehead atoms. The van der Waals surface area contributed by atoms with Crippen LogP contribution in [-0.4, -0.2) is 46.2 Å². The van der Waals surface area contributed by atoms with E-state index in [0.717, 1.165) is 23.1 Å². The van der Waals surface area contributed by atoms with Crippen LogP contribution in [0, 0.1) is 13.8 Å². The Bertz CT molecular complexity index is 984. The maximum Gasteiger partial charge on any atom is 0.251 e. The third-order valence-electron chi connectivity index (χ3n) is 4.39. The van der Waals surface area contributed by atoms with Crippen molar-refractivity contribution in [2.75, 3.05) is 30.7 Å². The van der Waals surface area contributed by atoms with E-state index in [-0.39, 0.29) is 18.4 Å². The van der Waals surface area contributed by atoms with Crippen molar-refractivity contribution in [3.8, 4) is 5.75 Å². The van der Waals surface area contributed by atoms with Gasteiger partial charge in [-0.2, -0.15) is 0 Å². The quantitative estimate of drug-likeness (QED) is 0.458. The lowest BCUT2D eigenvalue weighted by atomic mass is 10.1. The SMILES string of the molecule is Cc1cccc(C)c1OCCCC(=O)NCCNC(=O)c1ccc(NS(C)(=O)=O)cc1. The first-order chi connectivity index (χ1) is 14.7. The topological polar surface area (TPSA) is 114 Å². The van der Waals surface area contributed by atoms with Crippen LogP contribution in [0.15, 0.2) is 42.5 Å². The van der Waals surface area contributed by atoms with E-state index in [0.29, 0.717) is 37.2 Å². The van der Waals surface area contributed by atoms with Crippen molar-refractivity contribution >= 4 is 27.5 Å². The van der Waals surface area contributed by atoms with E-state index < -0.39 is 10.0 Å². The molecule has 0 unspecified atom stereocenters. The normalized spacial score (nSPS) is 10.9. The summed E-state index contributed by atoms with van der Waals surface area (Å²) in [5.41, 5.74) is 2.92. The molecule has 0 aromatic heterocycles. The van der Waals surface area contributed by atoms with Gasteiger partial charge in [0.1, 0.15) is 5.75 Å². The molecule has 8 nitrogen and oxygen atoms in total. The van der Waals surface area contributed by atoms with E-state index in [4.69, 9.17) is 4.74 Å². The number of sulfonamides is 1. The Kier molecular flexibility index (Phi) is 8.87. The molecule has 0 radical (unpaired) electrons. The average molecular weight is 448 g/mol. The minimum absolute atomic E-state index is 0.101. The van der Waals surface area contributed by atoms with Crippen molar-refractivity contribution in [3.63, 3.8) is 0 Å². The fraction of sp³-hybridized carbons (Fsp3) is 0.364. The lowest BCUT2D eigenvalue weighted by molar-refractivity contribution is -0.121. The first-order valence-electron chi connectivity index (χ1n) is 9.97. The number of carbonyl (C=O) groups excluding carboxylic acids is 2. The van der Waals surface area contributed by atoms with Gasteiger partial charge in [0, 0.05) is 30.8 Å². The number of aryl methyl sites for hydroxylation is 2. The Morgan fingerprint density at radius 1 is 0.935 bits per heavy atom. The third kappa shape index (κ3) is 8.67. The molecular formula is C22H29N3O5S. The van der Waals surface area contributed by atoms with Crippen LogP contribution in [0.5, 0.6) is 5.75 Å². The standard InChI is InChI=1S/C22H29N3O5S/c1-16-6-4-7-17(2)21(16)30-15-5-8-20(26)23-13-14-24-22(27)18-9-11-19(12-10-18)25-31(3,28)29/h4,6-7,9-12,25H,5,8,13-15H2,1-3H3,(H,23,26)(H,24,27). The first-order valence-corrected chi connectivity index (χ1v) is 11.9. The Morgan fingerprint density at radius 2 is 1.55 bits per heavy atom. The predicted molar refractivity (Wildman–Crippen MR) is 121 cm³/mol. The summed E-state index contributed by atoms with van der Waals surface area (Å²) in [6.45, 7) is 5.04. The number of rotatable bonds is 11. The summed E-state index contributed by atoms with van der Waals surface area (Å²) in [4.78, 5) is 24.0. The Balaban J connectivity index is 1.62. The number of nitrogens with one attached hydrogen (secondary N) is 3. The highest BCUT2D eigenvalue weighted by molar-refractivity contribution is 7.92. The smallest absolute Gasteiger partial charge is 0.251 e. The van der Waals surface area contributed by atoms with E-state index in [1.165, 1.54) is 24.3 Å². The van der Waals surface area contributed by atoms with Gasteiger partial charge in [0.05, 0.1) is 12.9 Å². The van der Waals surface area contributed by atoms with E-state index in [9.17, 15) is 18.0 Å². The van der Waals surface area contributed by atoms with Crippen molar-refractivity contribution in [2.45, 2.75) is 26.7 Å². The molecule has 31 heavy (non-hydrogen) atoms. The first kappa shape index (κ1) is 24.2. The lowest BCUT2D eigenvalue weighted by Gasteiger charge is -2.12. The molecule has 0 aliphatic rings. The van der Waals surface area contributed by atoms with Crippen LogP contribution in [0.25, 0.3) is 0 Å². The van der Waals surface area contributed by atoms with Crippen LogP contribution < -0.4 is 20.1 Å². The highest BCUT2D eigenvalue weighted by Crippen LogP contribution is 2.22. The minimum Gasteiger partial charge on any atom is -0.493 e. The number of amides is 2. The van der Waals surface area contributed by atoms with E-state index in [2.05, 4.69) is 15.4 Å². The van der Waals surface area contributed by atoms with Crippen LogP contribution in [0.3, 0.4) is 0 Å². The number of ether oxygens (including phenoxy) is 1. The minimum atomic E-state index is -3.36. The molecule has 2 aromatic rings. The molecule has 0 saturated carbocycles. The molecule has 9 heteroatoms. The van der Waals surface area contributed by atoms with Crippen molar-refractivity contribution in [3.05, 3.63) is 59.2 Å². The van der Waals surface area contributed by atoms with Crippen molar-refractivity contribution in [1.82, 2.24) is 10.6 Å². The lowest BCUT2D eigenvalue weighted by Crippen LogP contribution is -2.34. The van der Waals surface area contributed by atoms with Gasteiger partial charge in [-0.25, -0.2) is 8.42 Å². The maximum absolute atomic E-state index is 12.1. The highest BCUT2D eigenvalue weighted by atomic mass is 32.2. The molecule has 2 aromatic carbocycles. The Labute approximate surface area is 183 Å². The van der Waals surface area contributed by atoms with E-state index in [1.54, 1.807) is 0 Å². The Morgan fingerprint density at radius 3 is 2.16 bits per heavy atom. The zero-order valence-corrected chi connectivity index (χ0v) is 18.8. The monoisotopic (exact) mass is 447 g/mol. The van der Waals surface area contributed by atoms with Crippen LogP contribution in [0.2, 0.25) is 0 Å². The zero-order valence-electron chi connectivity index (χ0n) is 18.0. The second-order valence-corrected chi connectivity index (χ2v) is 8.98. The molecule has 0 spiro atoms. The molecule has 2 amide bonds. The molecule has 2 rings (SSSR count). The predicted octanol–water partition coefficient (Wildman–Crippen LogP) is 2.38. The molecule has 168 valence electrons. The van der Waals surface area contributed by atoms with Gasteiger partial charge < -0.3 is 15.4 Å².